The Hall–Kier alpha value is -2.17. The van der Waals surface area contributed by atoms with Crippen molar-refractivity contribution < 1.29 is 8.81 Å². The van der Waals surface area contributed by atoms with Crippen LogP contribution in [-0.4, -0.2) is 9.55 Å². The minimum absolute atomic E-state index is 0.249. The zero-order chi connectivity index (χ0) is 13.6. The van der Waals surface area contributed by atoms with E-state index in [1.807, 2.05) is 4.57 Å². The van der Waals surface area contributed by atoms with Gasteiger partial charge in [0.15, 0.2) is 5.52 Å². The molecule has 3 rings (SSSR count). The van der Waals surface area contributed by atoms with Gasteiger partial charge in [-0.3, -0.25) is 0 Å². The third-order valence-electron chi connectivity index (χ3n) is 2.99. The first-order valence-corrected chi connectivity index (χ1v) is 6.13. The fourth-order valence-electron chi connectivity index (χ4n) is 2.27. The van der Waals surface area contributed by atoms with Crippen LogP contribution in [0.2, 0.25) is 0 Å². The van der Waals surface area contributed by atoms with Crippen LogP contribution in [0.15, 0.2) is 33.7 Å². The van der Waals surface area contributed by atoms with Crippen LogP contribution in [0.4, 0.5) is 4.39 Å². The van der Waals surface area contributed by atoms with Gasteiger partial charge in [-0.05, 0) is 24.1 Å². The summed E-state index contributed by atoms with van der Waals surface area (Å²) in [6, 6.07) is 4.12. The lowest BCUT2D eigenvalue weighted by Gasteiger charge is -2.08. The number of imidazole rings is 1. The van der Waals surface area contributed by atoms with Crippen molar-refractivity contribution in [2.24, 2.45) is 5.92 Å². The van der Waals surface area contributed by atoms with Crippen LogP contribution in [-0.2, 0) is 6.54 Å². The molecule has 0 fully saturated rings. The van der Waals surface area contributed by atoms with Crippen molar-refractivity contribution >= 4 is 22.0 Å². The topological polar surface area (TPSA) is 48.0 Å². The van der Waals surface area contributed by atoms with Crippen LogP contribution in [0.25, 0.3) is 22.0 Å². The second-order valence-electron chi connectivity index (χ2n) is 5.02. The van der Waals surface area contributed by atoms with E-state index in [9.17, 15) is 9.18 Å². The van der Waals surface area contributed by atoms with E-state index in [1.165, 1.54) is 18.2 Å². The van der Waals surface area contributed by atoms with Crippen molar-refractivity contribution in [2.45, 2.75) is 20.4 Å². The Morgan fingerprint density at radius 2 is 2.21 bits per heavy atom. The van der Waals surface area contributed by atoms with Gasteiger partial charge in [0.05, 0.1) is 11.8 Å². The van der Waals surface area contributed by atoms with Crippen LogP contribution in [0, 0.1) is 11.7 Å². The lowest BCUT2D eigenvalue weighted by atomic mass is 10.2. The summed E-state index contributed by atoms with van der Waals surface area (Å²) in [5.41, 5.74) is 0.777. The van der Waals surface area contributed by atoms with Crippen molar-refractivity contribution in [2.75, 3.05) is 0 Å². The molecule has 0 saturated heterocycles. The van der Waals surface area contributed by atoms with Crippen LogP contribution in [0.5, 0.6) is 0 Å². The summed E-state index contributed by atoms with van der Waals surface area (Å²) in [5.74, 6) is 0.0354. The molecule has 4 nitrogen and oxygen atoms in total. The van der Waals surface area contributed by atoms with Gasteiger partial charge in [-0.1, -0.05) is 13.8 Å². The van der Waals surface area contributed by atoms with Crippen molar-refractivity contribution in [3.05, 3.63) is 40.8 Å². The number of fused-ring (bicyclic) bond motifs is 3. The van der Waals surface area contributed by atoms with Gasteiger partial charge in [-0.15, -0.1) is 0 Å². The Balaban J connectivity index is 2.45. The average Bonchev–Trinajstić information content (AvgIpc) is 2.74. The fraction of sp³-hybridized carbons (Fsp3) is 0.286. The summed E-state index contributed by atoms with van der Waals surface area (Å²) in [6.07, 6.45) is 1.60. The molecule has 3 aromatic rings. The highest BCUT2D eigenvalue weighted by Crippen LogP contribution is 2.23. The first-order valence-electron chi connectivity index (χ1n) is 6.13. The third-order valence-corrected chi connectivity index (χ3v) is 2.99. The van der Waals surface area contributed by atoms with Crippen molar-refractivity contribution in [1.29, 1.82) is 0 Å². The summed E-state index contributed by atoms with van der Waals surface area (Å²) in [4.78, 5) is 15.9. The molecule has 1 aromatic carbocycles. The number of halogens is 1. The van der Waals surface area contributed by atoms with Crippen LogP contribution < -0.4 is 5.63 Å². The smallest absolute Gasteiger partial charge is 0.364 e. The fourth-order valence-corrected chi connectivity index (χ4v) is 2.27. The number of rotatable bonds is 2. The zero-order valence-electron chi connectivity index (χ0n) is 10.7. The summed E-state index contributed by atoms with van der Waals surface area (Å²) in [5, 5.41) is 0.577. The monoisotopic (exact) mass is 260 g/mol. The first kappa shape index (κ1) is 11.9. The van der Waals surface area contributed by atoms with Crippen molar-refractivity contribution in [1.82, 2.24) is 9.55 Å². The molecule has 0 saturated carbocycles. The molecule has 0 bridgehead atoms. The predicted octanol–water partition coefficient (Wildman–Crippen LogP) is 2.94. The second kappa shape index (κ2) is 4.19. The summed E-state index contributed by atoms with van der Waals surface area (Å²) >= 11 is 0. The van der Waals surface area contributed by atoms with E-state index in [0.29, 0.717) is 28.9 Å². The van der Waals surface area contributed by atoms with E-state index >= 15 is 0 Å². The van der Waals surface area contributed by atoms with E-state index in [0.717, 1.165) is 0 Å². The van der Waals surface area contributed by atoms with Gasteiger partial charge in [0.1, 0.15) is 11.4 Å². The van der Waals surface area contributed by atoms with E-state index < -0.39 is 5.63 Å². The maximum atomic E-state index is 13.4. The Morgan fingerprint density at radius 3 is 2.95 bits per heavy atom. The molecule has 0 aliphatic rings. The van der Waals surface area contributed by atoms with E-state index in [1.54, 1.807) is 6.33 Å². The Morgan fingerprint density at radius 1 is 1.42 bits per heavy atom. The molecular weight excluding hydrogens is 247 g/mol. The number of hydrogen-bond donors (Lipinski definition) is 0. The summed E-state index contributed by atoms with van der Waals surface area (Å²) < 4.78 is 20.4. The standard InChI is InChI=1S/C14H13FN2O2/c1-8(2)6-17-7-16-12-13(17)10-5-9(15)3-4-11(10)19-14(12)18/h3-5,7-8H,6H2,1-2H3. The quantitative estimate of drug-likeness (QED) is 0.665. The normalized spacial score (nSPS) is 11.8. The number of benzene rings is 1. The minimum atomic E-state index is -0.489. The second-order valence-corrected chi connectivity index (χ2v) is 5.02. The zero-order valence-corrected chi connectivity index (χ0v) is 10.7. The largest absolute Gasteiger partial charge is 0.421 e. The highest BCUT2D eigenvalue weighted by molar-refractivity contribution is 6.00. The molecule has 0 N–H and O–H groups in total. The molecule has 2 heterocycles. The Bertz CT molecular complexity index is 817. The van der Waals surface area contributed by atoms with Crippen molar-refractivity contribution in [3.63, 3.8) is 0 Å². The van der Waals surface area contributed by atoms with Crippen LogP contribution in [0.1, 0.15) is 13.8 Å². The lowest BCUT2D eigenvalue weighted by molar-refractivity contribution is 0.532. The maximum Gasteiger partial charge on any atom is 0.364 e. The molecule has 19 heavy (non-hydrogen) atoms. The molecule has 0 spiro atoms. The molecule has 5 heteroatoms. The number of aromatic nitrogens is 2. The number of hydrogen-bond acceptors (Lipinski definition) is 3. The van der Waals surface area contributed by atoms with Gasteiger partial charge < -0.3 is 8.98 Å². The molecular formula is C14H13FN2O2. The number of nitrogens with zero attached hydrogens (tertiary/aromatic N) is 2. The molecule has 0 radical (unpaired) electrons. The molecule has 0 unspecified atom stereocenters. The molecule has 2 aromatic heterocycles. The molecule has 98 valence electrons. The predicted molar refractivity (Wildman–Crippen MR) is 70.6 cm³/mol. The van der Waals surface area contributed by atoms with E-state index in [-0.39, 0.29) is 11.3 Å². The first-order chi connectivity index (χ1) is 9.06. The SMILES string of the molecule is CC(C)Cn1cnc2c(=O)oc3ccc(F)cc3c21. The van der Waals surface area contributed by atoms with Gasteiger partial charge >= 0.3 is 5.63 Å². The van der Waals surface area contributed by atoms with Gasteiger partial charge in [0.25, 0.3) is 0 Å². The molecule has 0 aliphatic heterocycles. The Labute approximate surface area is 108 Å². The Kier molecular flexibility index (Phi) is 2.62. The van der Waals surface area contributed by atoms with Gasteiger partial charge in [-0.2, -0.15) is 0 Å². The van der Waals surface area contributed by atoms with Crippen LogP contribution in [0.3, 0.4) is 0 Å². The van der Waals surface area contributed by atoms with E-state index in [4.69, 9.17) is 4.42 Å². The highest BCUT2D eigenvalue weighted by atomic mass is 19.1. The highest BCUT2D eigenvalue weighted by Gasteiger charge is 2.14. The lowest BCUT2D eigenvalue weighted by Crippen LogP contribution is -2.05. The molecule has 0 atom stereocenters. The summed E-state index contributed by atoms with van der Waals surface area (Å²) in [7, 11) is 0. The third kappa shape index (κ3) is 1.91. The summed E-state index contributed by atoms with van der Waals surface area (Å²) in [6.45, 7) is 4.85. The molecule has 0 aliphatic carbocycles. The average molecular weight is 260 g/mol. The minimum Gasteiger partial charge on any atom is -0.421 e. The van der Waals surface area contributed by atoms with Gasteiger partial charge in [0, 0.05) is 11.9 Å². The van der Waals surface area contributed by atoms with Crippen LogP contribution >= 0.6 is 0 Å². The maximum absolute atomic E-state index is 13.4. The van der Waals surface area contributed by atoms with Crippen molar-refractivity contribution in [3.8, 4) is 0 Å². The van der Waals surface area contributed by atoms with E-state index in [2.05, 4.69) is 18.8 Å². The van der Waals surface area contributed by atoms with Gasteiger partial charge in [-0.25, -0.2) is 14.2 Å². The van der Waals surface area contributed by atoms with Gasteiger partial charge in [0.2, 0.25) is 0 Å². The molecule has 0 amide bonds.